The first-order valence-electron chi connectivity index (χ1n) is 10.1. The lowest BCUT2D eigenvalue weighted by atomic mass is 9.88. The Labute approximate surface area is 152 Å². The van der Waals surface area contributed by atoms with Crippen molar-refractivity contribution in [1.82, 2.24) is 10.2 Å². The molecule has 0 aromatic heterocycles. The van der Waals surface area contributed by atoms with Crippen LogP contribution in [-0.2, 0) is 4.79 Å². The molecule has 3 rings (SSSR count). The summed E-state index contributed by atoms with van der Waals surface area (Å²) >= 11 is 0. The molecule has 5 heteroatoms. The van der Waals surface area contributed by atoms with E-state index in [0.717, 1.165) is 38.3 Å². The monoisotopic (exact) mass is 344 g/mol. The van der Waals surface area contributed by atoms with Crippen LogP contribution in [0.4, 0.5) is 0 Å². The van der Waals surface area contributed by atoms with Crippen molar-refractivity contribution in [3.8, 4) is 12.3 Å². The summed E-state index contributed by atoms with van der Waals surface area (Å²) in [7, 11) is 0. The summed E-state index contributed by atoms with van der Waals surface area (Å²) in [6, 6.07) is 0.338. The highest BCUT2D eigenvalue weighted by molar-refractivity contribution is 5.76. The highest BCUT2D eigenvalue weighted by Crippen LogP contribution is 2.37. The number of likely N-dealkylation sites (tertiary alicyclic amines) is 1. The fourth-order valence-corrected chi connectivity index (χ4v) is 4.28. The minimum Gasteiger partial charge on any atom is -0.353 e. The van der Waals surface area contributed by atoms with Gasteiger partial charge in [-0.1, -0.05) is 19.3 Å². The molecule has 2 heterocycles. The predicted molar refractivity (Wildman–Crippen MR) is 99.1 cm³/mol. The van der Waals surface area contributed by atoms with Crippen LogP contribution in [0.2, 0.25) is 0 Å². The van der Waals surface area contributed by atoms with Crippen molar-refractivity contribution in [1.29, 1.82) is 0 Å². The molecule has 0 bridgehead atoms. The minimum absolute atomic E-state index is 0.142. The largest absolute Gasteiger partial charge is 0.353 e. The number of nitrogens with zero attached hydrogens (tertiary/aromatic N) is 3. The van der Waals surface area contributed by atoms with Gasteiger partial charge in [0.05, 0.1) is 0 Å². The summed E-state index contributed by atoms with van der Waals surface area (Å²) in [4.78, 5) is 14.8. The quantitative estimate of drug-likeness (QED) is 0.685. The molecule has 5 nitrogen and oxygen atoms in total. The van der Waals surface area contributed by atoms with E-state index < -0.39 is 0 Å². The van der Waals surface area contributed by atoms with Gasteiger partial charge in [0, 0.05) is 51.4 Å². The molecule has 2 fully saturated rings. The number of carbonyl (C=O) groups excluding carboxylic acids is 1. The Morgan fingerprint density at radius 2 is 1.84 bits per heavy atom. The normalized spacial score (nSPS) is 24.0. The summed E-state index contributed by atoms with van der Waals surface area (Å²) in [6.45, 7) is 3.51. The number of terminal acetylenes is 1. The third-order valence-electron chi connectivity index (χ3n) is 6.00. The summed E-state index contributed by atoms with van der Waals surface area (Å²) in [6.07, 6.45) is 17.2. The molecule has 0 aromatic rings. The average Bonchev–Trinajstić information content (AvgIpc) is 3.41. The van der Waals surface area contributed by atoms with Crippen molar-refractivity contribution in [3.63, 3.8) is 0 Å². The van der Waals surface area contributed by atoms with E-state index in [1.807, 2.05) is 0 Å². The fraction of sp³-hybridized carbons (Fsp3) is 0.850. The van der Waals surface area contributed by atoms with Crippen LogP contribution < -0.4 is 5.32 Å². The first kappa shape index (κ1) is 18.4. The van der Waals surface area contributed by atoms with Gasteiger partial charge in [-0.25, -0.2) is 0 Å². The van der Waals surface area contributed by atoms with Gasteiger partial charge in [0.15, 0.2) is 5.66 Å². The third-order valence-corrected chi connectivity index (χ3v) is 6.00. The molecule has 1 saturated heterocycles. The molecule has 1 N–H and O–H groups in total. The molecular weight excluding hydrogens is 312 g/mol. The first-order valence-corrected chi connectivity index (χ1v) is 10.1. The van der Waals surface area contributed by atoms with Crippen LogP contribution >= 0.6 is 0 Å². The molecule has 0 unspecified atom stereocenters. The van der Waals surface area contributed by atoms with E-state index in [9.17, 15) is 4.79 Å². The van der Waals surface area contributed by atoms with E-state index in [1.54, 1.807) is 0 Å². The molecule has 1 aliphatic carbocycles. The van der Waals surface area contributed by atoms with Gasteiger partial charge in [0.1, 0.15) is 0 Å². The molecule has 0 aromatic carbocycles. The van der Waals surface area contributed by atoms with Gasteiger partial charge in [-0.2, -0.15) is 10.2 Å². The van der Waals surface area contributed by atoms with Crippen LogP contribution in [-0.4, -0.2) is 42.1 Å². The maximum absolute atomic E-state index is 12.2. The van der Waals surface area contributed by atoms with Gasteiger partial charge < -0.3 is 10.2 Å². The number of rotatable bonds is 8. The Kier molecular flexibility index (Phi) is 6.47. The van der Waals surface area contributed by atoms with Crippen molar-refractivity contribution in [2.24, 2.45) is 16.1 Å². The number of carbonyl (C=O) groups is 1. The van der Waals surface area contributed by atoms with Crippen molar-refractivity contribution in [2.45, 2.75) is 82.3 Å². The number of nitrogens with one attached hydrogen (secondary N) is 1. The van der Waals surface area contributed by atoms with E-state index >= 15 is 0 Å². The minimum atomic E-state index is -0.340. The number of hydrogen-bond donors (Lipinski definition) is 1. The molecule has 2 aliphatic heterocycles. The molecule has 0 radical (unpaired) electrons. The van der Waals surface area contributed by atoms with Crippen LogP contribution in [0.5, 0.6) is 0 Å². The molecule has 138 valence electrons. The maximum Gasteiger partial charge on any atom is 0.220 e. The predicted octanol–water partition coefficient (Wildman–Crippen LogP) is 3.50. The fourth-order valence-electron chi connectivity index (χ4n) is 4.28. The molecule has 0 atom stereocenters. The maximum atomic E-state index is 12.2. The molecule has 1 saturated carbocycles. The topological polar surface area (TPSA) is 57.1 Å². The zero-order chi connectivity index (χ0) is 17.5. The molecule has 3 aliphatic rings. The van der Waals surface area contributed by atoms with Crippen LogP contribution in [0.1, 0.15) is 70.6 Å². The standard InChI is InChI=1S/C20H32N4O/c1-2-3-12-20(22-23-20)13-9-19(25)21-18-10-14-24(15-11-18)16-17-7-5-4-6-8-17/h1,17-18H,3-16H2,(H,21,25). The zero-order valence-corrected chi connectivity index (χ0v) is 15.4. The Morgan fingerprint density at radius 1 is 1.12 bits per heavy atom. The summed E-state index contributed by atoms with van der Waals surface area (Å²) in [5.41, 5.74) is -0.340. The molecule has 1 amide bonds. The van der Waals surface area contributed by atoms with Gasteiger partial charge in [0.25, 0.3) is 0 Å². The lowest BCUT2D eigenvalue weighted by molar-refractivity contribution is -0.122. The van der Waals surface area contributed by atoms with Crippen LogP contribution in [0.25, 0.3) is 0 Å². The number of amides is 1. The Bertz CT molecular complexity index is 504. The second-order valence-electron chi connectivity index (χ2n) is 8.03. The smallest absolute Gasteiger partial charge is 0.220 e. The number of piperidine rings is 1. The van der Waals surface area contributed by atoms with Crippen LogP contribution in [0.15, 0.2) is 10.2 Å². The van der Waals surface area contributed by atoms with Gasteiger partial charge in [0.2, 0.25) is 5.91 Å². The van der Waals surface area contributed by atoms with Gasteiger partial charge >= 0.3 is 0 Å². The van der Waals surface area contributed by atoms with Gasteiger partial charge in [-0.3, -0.25) is 4.79 Å². The second kappa shape index (κ2) is 8.80. The lowest BCUT2D eigenvalue weighted by Crippen LogP contribution is -2.46. The van der Waals surface area contributed by atoms with Gasteiger partial charge in [-0.05, 0) is 31.6 Å². The Balaban J connectivity index is 1.29. The van der Waals surface area contributed by atoms with E-state index in [4.69, 9.17) is 6.42 Å². The van der Waals surface area contributed by atoms with Crippen molar-refractivity contribution < 1.29 is 4.79 Å². The third kappa shape index (κ3) is 5.81. The molecule has 25 heavy (non-hydrogen) atoms. The van der Waals surface area contributed by atoms with E-state index in [0.29, 0.717) is 25.3 Å². The second-order valence-corrected chi connectivity index (χ2v) is 8.03. The Hall–Kier alpha value is -1.41. The summed E-state index contributed by atoms with van der Waals surface area (Å²) in [5, 5.41) is 11.4. The average molecular weight is 345 g/mol. The van der Waals surface area contributed by atoms with Gasteiger partial charge in [-0.15, -0.1) is 12.3 Å². The highest BCUT2D eigenvalue weighted by Gasteiger charge is 2.39. The van der Waals surface area contributed by atoms with Crippen molar-refractivity contribution in [3.05, 3.63) is 0 Å². The van der Waals surface area contributed by atoms with Crippen molar-refractivity contribution >= 4 is 5.91 Å². The van der Waals surface area contributed by atoms with Crippen molar-refractivity contribution in [2.75, 3.05) is 19.6 Å². The van der Waals surface area contributed by atoms with E-state index in [-0.39, 0.29) is 11.6 Å². The van der Waals surface area contributed by atoms with Crippen LogP contribution in [0, 0.1) is 18.3 Å². The summed E-state index contributed by atoms with van der Waals surface area (Å²) < 4.78 is 0. The highest BCUT2D eigenvalue weighted by atomic mass is 16.1. The first-order chi connectivity index (χ1) is 12.2. The molecule has 0 spiro atoms. The summed E-state index contributed by atoms with van der Waals surface area (Å²) in [5.74, 6) is 3.67. The lowest BCUT2D eigenvalue weighted by Gasteiger charge is -2.35. The van der Waals surface area contributed by atoms with E-state index in [1.165, 1.54) is 38.6 Å². The SMILES string of the molecule is C#CCCC1(CCC(=O)NC2CCN(CC3CCCCC3)CC2)N=N1. The molecular formula is C20H32N4O. The number of hydrogen-bond acceptors (Lipinski definition) is 4. The van der Waals surface area contributed by atoms with Crippen LogP contribution in [0.3, 0.4) is 0 Å². The zero-order valence-electron chi connectivity index (χ0n) is 15.4. The Morgan fingerprint density at radius 3 is 2.48 bits per heavy atom. The van der Waals surface area contributed by atoms with E-state index in [2.05, 4.69) is 26.4 Å².